The molecule has 0 aliphatic heterocycles. The van der Waals surface area contributed by atoms with Crippen molar-refractivity contribution in [2.24, 2.45) is 5.73 Å². The highest BCUT2D eigenvalue weighted by Gasteiger charge is 2.54. The zero-order valence-electron chi connectivity index (χ0n) is 16.6. The number of alkyl halides is 3. The van der Waals surface area contributed by atoms with Crippen LogP contribution in [0.3, 0.4) is 0 Å². The molecule has 0 bridgehead atoms. The van der Waals surface area contributed by atoms with Crippen molar-refractivity contribution in [3.8, 4) is 16.9 Å². The third-order valence-corrected chi connectivity index (χ3v) is 6.74. The molecule has 0 amide bonds. The van der Waals surface area contributed by atoms with Gasteiger partial charge in [-0.3, -0.25) is 9.57 Å². The standard InChI is InChI=1S/C20H22F4N2O5S/c21-15-11-13(3-6-17(15)27)12-1-4-14(5-2-12)19(30,20(22,23)24)8-10-32(26,31)9-7-16(25)18(28)29/h1-6,11,16,26-27,30H,7-10,25H2,(H,28,29)/t16-,19?,32?/m0/s1. The van der Waals surface area contributed by atoms with Crippen molar-refractivity contribution in [1.82, 2.24) is 0 Å². The largest absolute Gasteiger partial charge is 0.505 e. The van der Waals surface area contributed by atoms with Gasteiger partial charge in [-0.2, -0.15) is 13.2 Å². The summed E-state index contributed by atoms with van der Waals surface area (Å²) in [6.07, 6.45) is -6.61. The van der Waals surface area contributed by atoms with E-state index < -0.39 is 68.6 Å². The number of nitrogens with two attached hydrogens (primary N) is 1. The fourth-order valence-corrected chi connectivity index (χ4v) is 4.39. The summed E-state index contributed by atoms with van der Waals surface area (Å²) in [5.41, 5.74) is 1.90. The van der Waals surface area contributed by atoms with Crippen LogP contribution >= 0.6 is 0 Å². The fraction of sp³-hybridized carbons (Fsp3) is 0.350. The molecule has 12 heteroatoms. The Morgan fingerprint density at radius 3 is 2.16 bits per heavy atom. The highest BCUT2D eigenvalue weighted by molar-refractivity contribution is 7.92. The maximum Gasteiger partial charge on any atom is 0.421 e. The van der Waals surface area contributed by atoms with Gasteiger partial charge in [0.05, 0.1) is 0 Å². The second-order valence-electron chi connectivity index (χ2n) is 7.31. The number of halogens is 4. The first-order valence-corrected chi connectivity index (χ1v) is 11.2. The van der Waals surface area contributed by atoms with Crippen LogP contribution in [0.15, 0.2) is 42.5 Å². The van der Waals surface area contributed by atoms with E-state index >= 15 is 0 Å². The van der Waals surface area contributed by atoms with Crippen LogP contribution in [-0.4, -0.2) is 49.2 Å². The van der Waals surface area contributed by atoms with Crippen LogP contribution in [0.25, 0.3) is 11.1 Å². The van der Waals surface area contributed by atoms with Crippen LogP contribution in [0.4, 0.5) is 17.6 Å². The molecule has 176 valence electrons. The van der Waals surface area contributed by atoms with Gasteiger partial charge in [-0.25, -0.2) is 8.60 Å². The minimum atomic E-state index is -5.16. The van der Waals surface area contributed by atoms with E-state index in [0.29, 0.717) is 5.56 Å². The molecule has 0 fully saturated rings. The van der Waals surface area contributed by atoms with Crippen molar-refractivity contribution in [3.63, 3.8) is 0 Å². The molecule has 2 rings (SSSR count). The molecule has 0 saturated carbocycles. The Kier molecular flexibility index (Phi) is 7.53. The van der Waals surface area contributed by atoms with Crippen molar-refractivity contribution in [3.05, 3.63) is 53.8 Å². The summed E-state index contributed by atoms with van der Waals surface area (Å²) in [6, 6.07) is 6.46. The second-order valence-corrected chi connectivity index (χ2v) is 9.75. The number of phenolic OH excluding ortho intramolecular Hbond substituents is 1. The molecular weight excluding hydrogens is 456 g/mol. The van der Waals surface area contributed by atoms with Gasteiger partial charge in [-0.15, -0.1) is 0 Å². The van der Waals surface area contributed by atoms with Crippen molar-refractivity contribution in [2.45, 2.75) is 30.7 Å². The summed E-state index contributed by atoms with van der Waals surface area (Å²) < 4.78 is 74.8. The van der Waals surface area contributed by atoms with Gasteiger partial charge in [-0.05, 0) is 35.2 Å². The molecule has 0 spiro atoms. The number of aliphatic hydroxyl groups is 1. The van der Waals surface area contributed by atoms with Gasteiger partial charge in [0.15, 0.2) is 17.2 Å². The molecule has 2 aromatic rings. The molecular formula is C20H22F4N2O5S. The highest BCUT2D eigenvalue weighted by Crippen LogP contribution is 2.42. The van der Waals surface area contributed by atoms with E-state index in [9.17, 15) is 36.8 Å². The average Bonchev–Trinajstić information content (AvgIpc) is 2.71. The lowest BCUT2D eigenvalue weighted by Crippen LogP contribution is -2.44. The Morgan fingerprint density at radius 1 is 1.09 bits per heavy atom. The van der Waals surface area contributed by atoms with Gasteiger partial charge in [0, 0.05) is 27.7 Å². The molecule has 32 heavy (non-hydrogen) atoms. The number of aliphatic carboxylic acids is 1. The molecule has 0 aromatic heterocycles. The number of carbonyl (C=O) groups is 1. The lowest BCUT2D eigenvalue weighted by Gasteiger charge is -2.31. The third-order valence-electron chi connectivity index (χ3n) is 4.98. The predicted octanol–water partition coefficient (Wildman–Crippen LogP) is 3.19. The summed E-state index contributed by atoms with van der Waals surface area (Å²) >= 11 is 0. The smallest absolute Gasteiger partial charge is 0.421 e. The van der Waals surface area contributed by atoms with E-state index in [1.807, 2.05) is 0 Å². The predicted molar refractivity (Wildman–Crippen MR) is 109 cm³/mol. The zero-order valence-corrected chi connectivity index (χ0v) is 17.4. The Balaban J connectivity index is 2.25. The first-order valence-electron chi connectivity index (χ1n) is 9.27. The van der Waals surface area contributed by atoms with Crippen molar-refractivity contribution >= 4 is 15.7 Å². The Labute approximate surface area is 181 Å². The van der Waals surface area contributed by atoms with Crippen LogP contribution in [-0.2, 0) is 20.1 Å². The van der Waals surface area contributed by atoms with Crippen LogP contribution < -0.4 is 5.73 Å². The number of aromatic hydroxyl groups is 1. The number of hydrogen-bond acceptors (Lipinski definition) is 6. The first-order chi connectivity index (χ1) is 14.7. The molecule has 6 N–H and O–H groups in total. The van der Waals surface area contributed by atoms with Gasteiger partial charge in [0.1, 0.15) is 6.04 Å². The molecule has 0 aliphatic carbocycles. The van der Waals surface area contributed by atoms with Crippen LogP contribution in [0.1, 0.15) is 18.4 Å². The Bertz CT molecular complexity index is 1070. The van der Waals surface area contributed by atoms with E-state index in [4.69, 9.17) is 15.6 Å². The maximum atomic E-state index is 13.7. The monoisotopic (exact) mass is 478 g/mol. The normalized spacial score (nSPS) is 16.7. The highest BCUT2D eigenvalue weighted by atomic mass is 32.2. The van der Waals surface area contributed by atoms with Crippen molar-refractivity contribution in [2.75, 3.05) is 11.5 Å². The first kappa shape index (κ1) is 25.6. The van der Waals surface area contributed by atoms with Crippen LogP contribution in [0, 0.1) is 10.6 Å². The minimum Gasteiger partial charge on any atom is -0.505 e. The number of carboxylic acids is 1. The number of nitrogens with one attached hydrogen (secondary N) is 1. The van der Waals surface area contributed by atoms with Crippen molar-refractivity contribution in [1.29, 1.82) is 4.78 Å². The van der Waals surface area contributed by atoms with Gasteiger partial charge < -0.3 is 21.1 Å². The van der Waals surface area contributed by atoms with E-state index in [2.05, 4.69) is 0 Å². The summed E-state index contributed by atoms with van der Waals surface area (Å²) in [4.78, 5) is 10.7. The number of rotatable bonds is 9. The molecule has 0 heterocycles. The number of hydrogen-bond donors (Lipinski definition) is 5. The molecule has 3 atom stereocenters. The molecule has 2 unspecified atom stereocenters. The average molecular weight is 478 g/mol. The molecule has 0 saturated heterocycles. The SMILES string of the molecule is N=S(=O)(CC[C@H](N)C(=O)O)CCC(O)(c1ccc(-c2ccc(O)c(F)c2)cc1)C(F)(F)F. The summed E-state index contributed by atoms with van der Waals surface area (Å²) in [5.74, 6) is -4.24. The summed E-state index contributed by atoms with van der Waals surface area (Å²) in [5, 5.41) is 28.4. The fourth-order valence-electron chi connectivity index (χ4n) is 2.93. The third kappa shape index (κ3) is 5.96. The van der Waals surface area contributed by atoms with Crippen molar-refractivity contribution < 1.29 is 41.9 Å². The number of carboxylic acid groups (broad SMARTS) is 1. The Morgan fingerprint density at radius 2 is 1.66 bits per heavy atom. The van der Waals surface area contributed by atoms with Crippen LogP contribution in [0.2, 0.25) is 0 Å². The molecule has 0 aliphatic rings. The van der Waals surface area contributed by atoms with Crippen LogP contribution in [0.5, 0.6) is 5.75 Å². The van der Waals surface area contributed by atoms with E-state index in [1.165, 1.54) is 18.2 Å². The minimum absolute atomic E-state index is 0.284. The van der Waals surface area contributed by atoms with Gasteiger partial charge in [0.25, 0.3) is 0 Å². The maximum absolute atomic E-state index is 13.7. The van der Waals surface area contributed by atoms with E-state index in [-0.39, 0.29) is 12.0 Å². The number of phenols is 1. The van der Waals surface area contributed by atoms with Gasteiger partial charge >= 0.3 is 12.1 Å². The molecule has 2 aromatic carbocycles. The molecule has 7 nitrogen and oxygen atoms in total. The quantitative estimate of drug-likeness (QED) is 0.350. The van der Waals surface area contributed by atoms with E-state index in [0.717, 1.165) is 24.3 Å². The Hall–Kier alpha value is -2.70. The zero-order chi connectivity index (χ0) is 24.3. The topological polar surface area (TPSA) is 145 Å². The number of benzene rings is 2. The van der Waals surface area contributed by atoms with Gasteiger partial charge in [-0.1, -0.05) is 30.3 Å². The van der Waals surface area contributed by atoms with Gasteiger partial charge in [0.2, 0.25) is 0 Å². The van der Waals surface area contributed by atoms with E-state index in [1.54, 1.807) is 0 Å². The lowest BCUT2D eigenvalue weighted by atomic mass is 9.89. The summed E-state index contributed by atoms with van der Waals surface area (Å²) in [7, 11) is -3.64. The summed E-state index contributed by atoms with van der Waals surface area (Å²) in [6.45, 7) is 0. The molecule has 0 radical (unpaired) electrons. The second kappa shape index (κ2) is 9.43. The lowest BCUT2D eigenvalue weighted by molar-refractivity contribution is -0.267.